The molecule has 0 unspecified atom stereocenters. The lowest BCUT2D eigenvalue weighted by Crippen LogP contribution is -2.54. The number of hydrogen-bond donors (Lipinski definition) is 6. The molecule has 0 aliphatic carbocycles. The van der Waals surface area contributed by atoms with Crippen LogP contribution >= 0.6 is 7.60 Å². The standard InChI is InChI=1S/C25H34N5O8P/c1-13(2)17(8-9-21(26)31)29-23(33)20-5-4-10-30(20)24(34)14(3)27-22(32)19-12-16-11-15(6-7-18(16)28-19)25(35)39(36,37)38/h6-7,11-14,17,20,28H,4-5,8-10H2,1-3H3,(H2,26,31)(H,27,32)(H,29,33)(H2,36,37,38)/t14-,17-,20-/m0/s1. The fourth-order valence-corrected chi connectivity index (χ4v) is 5.07. The van der Waals surface area contributed by atoms with Crippen molar-refractivity contribution in [1.82, 2.24) is 20.5 Å². The molecule has 0 saturated carbocycles. The highest BCUT2D eigenvalue weighted by atomic mass is 31.2. The summed E-state index contributed by atoms with van der Waals surface area (Å²) in [6, 6.07) is 3.39. The summed E-state index contributed by atoms with van der Waals surface area (Å²) in [6.45, 7) is 5.70. The SMILES string of the molecule is CC(C)[C@H](CCC(N)=O)NC(=O)[C@@H]1CCCN1C(=O)[C@H](C)NC(=O)c1cc2cc(C(=O)P(=O)(O)O)ccc2[nH]1. The molecule has 1 saturated heterocycles. The predicted octanol–water partition coefficient (Wildman–Crippen LogP) is 1.00. The van der Waals surface area contributed by atoms with E-state index in [2.05, 4.69) is 15.6 Å². The molecule has 13 nitrogen and oxygen atoms in total. The van der Waals surface area contributed by atoms with Crippen molar-refractivity contribution in [1.29, 1.82) is 0 Å². The van der Waals surface area contributed by atoms with Crippen molar-refractivity contribution in [3.05, 3.63) is 35.5 Å². The van der Waals surface area contributed by atoms with Gasteiger partial charge in [0, 0.05) is 35.5 Å². The van der Waals surface area contributed by atoms with Crippen LogP contribution in [-0.2, 0) is 18.9 Å². The number of primary amides is 1. The molecule has 1 fully saturated rings. The number of nitrogens with two attached hydrogens (primary N) is 1. The summed E-state index contributed by atoms with van der Waals surface area (Å²) in [6.07, 6.45) is 1.62. The molecule has 0 spiro atoms. The van der Waals surface area contributed by atoms with Crippen LogP contribution in [0.25, 0.3) is 10.9 Å². The van der Waals surface area contributed by atoms with E-state index in [1.807, 2.05) is 13.8 Å². The molecule has 0 bridgehead atoms. The molecule has 1 aliphatic heterocycles. The Hall–Kier alpha value is -3.54. The van der Waals surface area contributed by atoms with Crippen LogP contribution in [0, 0.1) is 5.92 Å². The van der Waals surface area contributed by atoms with Crippen LogP contribution in [0.5, 0.6) is 0 Å². The van der Waals surface area contributed by atoms with Gasteiger partial charge in [-0.1, -0.05) is 13.8 Å². The van der Waals surface area contributed by atoms with E-state index in [-0.39, 0.29) is 35.5 Å². The summed E-state index contributed by atoms with van der Waals surface area (Å²) >= 11 is 0. The van der Waals surface area contributed by atoms with Crippen molar-refractivity contribution in [2.75, 3.05) is 6.54 Å². The van der Waals surface area contributed by atoms with E-state index in [0.717, 1.165) is 0 Å². The first-order valence-corrected chi connectivity index (χ1v) is 14.2. The molecule has 2 heterocycles. The molecule has 14 heteroatoms. The average molecular weight is 564 g/mol. The minimum Gasteiger partial charge on any atom is -0.370 e. The third kappa shape index (κ3) is 7.31. The predicted molar refractivity (Wildman–Crippen MR) is 142 cm³/mol. The molecule has 0 radical (unpaired) electrons. The van der Waals surface area contributed by atoms with Gasteiger partial charge < -0.3 is 36.0 Å². The molecular formula is C25H34N5O8P. The summed E-state index contributed by atoms with van der Waals surface area (Å²) < 4.78 is 11.3. The van der Waals surface area contributed by atoms with Crippen molar-refractivity contribution < 1.29 is 38.3 Å². The zero-order chi connectivity index (χ0) is 29.1. The minimum absolute atomic E-state index is 0.0550. The van der Waals surface area contributed by atoms with Crippen molar-refractivity contribution in [2.45, 2.75) is 64.6 Å². The van der Waals surface area contributed by atoms with Crippen LogP contribution < -0.4 is 16.4 Å². The van der Waals surface area contributed by atoms with Gasteiger partial charge in [0.05, 0.1) is 0 Å². The number of fused-ring (bicyclic) bond motifs is 1. The Bertz CT molecular complexity index is 1330. The van der Waals surface area contributed by atoms with E-state index in [4.69, 9.17) is 15.5 Å². The molecule has 1 aliphatic rings. The summed E-state index contributed by atoms with van der Waals surface area (Å²) in [5, 5.41) is 5.93. The molecule has 3 atom stereocenters. The number of H-pyrrole nitrogens is 1. The molecule has 212 valence electrons. The fourth-order valence-electron chi connectivity index (χ4n) is 4.59. The number of likely N-dealkylation sites (tertiary alicyclic amines) is 1. The van der Waals surface area contributed by atoms with Gasteiger partial charge in [0.15, 0.2) is 0 Å². The average Bonchev–Trinajstić information content (AvgIpc) is 3.51. The smallest absolute Gasteiger partial charge is 0.370 e. The second-order valence-corrected chi connectivity index (χ2v) is 11.6. The van der Waals surface area contributed by atoms with E-state index >= 15 is 0 Å². The highest BCUT2D eigenvalue weighted by Gasteiger charge is 2.37. The van der Waals surface area contributed by atoms with Gasteiger partial charge in [-0.05, 0) is 56.4 Å². The summed E-state index contributed by atoms with van der Waals surface area (Å²) in [5.74, 6) is -1.76. The van der Waals surface area contributed by atoms with E-state index < -0.39 is 42.9 Å². The van der Waals surface area contributed by atoms with Gasteiger partial charge in [-0.2, -0.15) is 0 Å². The second kappa shape index (κ2) is 12.1. The lowest BCUT2D eigenvalue weighted by atomic mass is 9.98. The van der Waals surface area contributed by atoms with E-state index in [1.54, 1.807) is 0 Å². The zero-order valence-corrected chi connectivity index (χ0v) is 22.9. The van der Waals surface area contributed by atoms with Gasteiger partial charge in [-0.15, -0.1) is 0 Å². The fraction of sp³-hybridized carbons (Fsp3) is 0.480. The van der Waals surface area contributed by atoms with Gasteiger partial charge >= 0.3 is 7.60 Å². The number of amides is 4. The third-order valence-electron chi connectivity index (χ3n) is 6.77. The maximum Gasteiger partial charge on any atom is 0.396 e. The molecule has 1 aromatic carbocycles. The zero-order valence-electron chi connectivity index (χ0n) is 22.0. The lowest BCUT2D eigenvalue weighted by molar-refractivity contribution is -0.140. The first kappa shape index (κ1) is 30.0. The Labute approximate surface area is 225 Å². The monoisotopic (exact) mass is 563 g/mol. The van der Waals surface area contributed by atoms with Crippen molar-refractivity contribution in [2.24, 2.45) is 11.7 Å². The maximum atomic E-state index is 13.2. The number of carbonyl (C=O) groups is 5. The van der Waals surface area contributed by atoms with Crippen LogP contribution in [0.2, 0.25) is 0 Å². The molecule has 3 rings (SSSR count). The van der Waals surface area contributed by atoms with Gasteiger partial charge in [0.25, 0.3) is 11.4 Å². The van der Waals surface area contributed by atoms with Gasteiger partial charge in [0.1, 0.15) is 17.8 Å². The number of aromatic nitrogens is 1. The van der Waals surface area contributed by atoms with Gasteiger partial charge in [0.2, 0.25) is 17.7 Å². The Balaban J connectivity index is 1.66. The summed E-state index contributed by atoms with van der Waals surface area (Å²) in [7, 11) is -4.96. The maximum absolute atomic E-state index is 13.2. The molecule has 7 N–H and O–H groups in total. The van der Waals surface area contributed by atoms with Crippen LogP contribution in [0.1, 0.15) is 67.3 Å². The summed E-state index contributed by atoms with van der Waals surface area (Å²) in [5.41, 5.74) is 4.25. The number of nitrogens with one attached hydrogen (secondary N) is 3. The first-order valence-electron chi connectivity index (χ1n) is 12.6. The van der Waals surface area contributed by atoms with Crippen LogP contribution in [-0.4, -0.2) is 73.5 Å². The topological polar surface area (TPSA) is 212 Å². The van der Waals surface area contributed by atoms with Crippen molar-refractivity contribution in [3.63, 3.8) is 0 Å². The normalized spacial score (nSPS) is 17.2. The second-order valence-electron chi connectivity index (χ2n) is 10.1. The van der Waals surface area contributed by atoms with Crippen LogP contribution in [0.15, 0.2) is 24.3 Å². The lowest BCUT2D eigenvalue weighted by Gasteiger charge is -2.29. The largest absolute Gasteiger partial charge is 0.396 e. The number of rotatable bonds is 11. The third-order valence-corrected chi connectivity index (χ3v) is 7.55. The Morgan fingerprint density at radius 1 is 1.13 bits per heavy atom. The molecule has 2 aromatic rings. The number of nitrogens with zero attached hydrogens (tertiary/aromatic N) is 1. The summed E-state index contributed by atoms with van der Waals surface area (Å²) in [4.78, 5) is 84.7. The molecule has 39 heavy (non-hydrogen) atoms. The van der Waals surface area contributed by atoms with Crippen LogP contribution in [0.3, 0.4) is 0 Å². The van der Waals surface area contributed by atoms with Crippen molar-refractivity contribution in [3.8, 4) is 0 Å². The Morgan fingerprint density at radius 3 is 2.44 bits per heavy atom. The number of hydrogen-bond acceptors (Lipinski definition) is 6. The van der Waals surface area contributed by atoms with Crippen molar-refractivity contribution >= 4 is 47.7 Å². The van der Waals surface area contributed by atoms with E-state index in [9.17, 15) is 28.5 Å². The minimum atomic E-state index is -4.96. The van der Waals surface area contributed by atoms with Gasteiger partial charge in [-0.3, -0.25) is 28.5 Å². The first-order chi connectivity index (χ1) is 18.2. The molecule has 4 amide bonds. The van der Waals surface area contributed by atoms with E-state index in [1.165, 1.54) is 36.1 Å². The molecular weight excluding hydrogens is 529 g/mol. The number of benzene rings is 1. The molecule has 1 aromatic heterocycles. The Kier molecular flexibility index (Phi) is 9.31. The quantitative estimate of drug-likeness (QED) is 0.217. The Morgan fingerprint density at radius 2 is 1.82 bits per heavy atom. The van der Waals surface area contributed by atoms with E-state index in [0.29, 0.717) is 36.7 Å². The highest BCUT2D eigenvalue weighted by molar-refractivity contribution is 7.70. The van der Waals surface area contributed by atoms with Gasteiger partial charge in [-0.25, -0.2) is 0 Å². The highest BCUT2D eigenvalue weighted by Crippen LogP contribution is 2.39. The number of carbonyl (C=O) groups excluding carboxylic acids is 5. The number of aromatic amines is 1. The van der Waals surface area contributed by atoms with Crippen LogP contribution in [0.4, 0.5) is 0 Å².